The molecule has 0 radical (unpaired) electrons. The summed E-state index contributed by atoms with van der Waals surface area (Å²) < 4.78 is 0. The first-order valence-corrected chi connectivity index (χ1v) is 5.67. The smallest absolute Gasteiger partial charge is 0.0718 e. The zero-order valence-electron chi connectivity index (χ0n) is 9.23. The van der Waals surface area contributed by atoms with E-state index in [-0.39, 0.29) is 6.10 Å². The number of rotatable bonds is 7. The highest BCUT2D eigenvalue weighted by Crippen LogP contribution is 2.09. The fourth-order valence-electron chi connectivity index (χ4n) is 1.62. The summed E-state index contributed by atoms with van der Waals surface area (Å²) >= 11 is 0. The Bertz CT molecular complexity index is 266. The second-order valence-electron chi connectivity index (χ2n) is 3.89. The zero-order chi connectivity index (χ0) is 10.9. The zero-order valence-corrected chi connectivity index (χ0v) is 9.23. The molecular weight excluding hydrogens is 184 g/mol. The average molecular weight is 204 g/mol. The first kappa shape index (κ1) is 12.0. The largest absolute Gasteiger partial charge is 0.389 e. The molecule has 1 N–H and O–H groups in total. The van der Waals surface area contributed by atoms with Crippen molar-refractivity contribution in [2.24, 2.45) is 0 Å². The highest BCUT2D eigenvalue weighted by Gasteiger charge is 1.97. The highest BCUT2D eigenvalue weighted by atomic mass is 16.3. The number of hydrogen-bond donors (Lipinski definition) is 1. The Labute approximate surface area is 92.5 Å². The maximum absolute atomic E-state index is 9.26. The van der Waals surface area contributed by atoms with Crippen molar-refractivity contribution in [2.45, 2.75) is 38.2 Å². The first-order valence-electron chi connectivity index (χ1n) is 5.67. The average Bonchev–Trinajstić information content (AvgIpc) is 2.29. The minimum Gasteiger partial charge on any atom is -0.389 e. The van der Waals surface area contributed by atoms with Gasteiger partial charge in [0.25, 0.3) is 0 Å². The van der Waals surface area contributed by atoms with E-state index in [0.717, 1.165) is 19.3 Å². The van der Waals surface area contributed by atoms with Crippen molar-refractivity contribution in [2.75, 3.05) is 0 Å². The Kier molecular flexibility index (Phi) is 5.79. The summed E-state index contributed by atoms with van der Waals surface area (Å²) in [6, 6.07) is 10.5. The summed E-state index contributed by atoms with van der Waals surface area (Å²) in [4.78, 5) is 0. The van der Waals surface area contributed by atoms with Gasteiger partial charge in [-0.3, -0.25) is 0 Å². The number of hydrogen-bond acceptors (Lipinski definition) is 1. The fourth-order valence-corrected chi connectivity index (χ4v) is 1.62. The molecule has 0 heterocycles. The lowest BCUT2D eigenvalue weighted by atomic mass is 10.0. The third kappa shape index (κ3) is 5.38. The maximum Gasteiger partial charge on any atom is 0.0718 e. The molecule has 0 amide bonds. The van der Waals surface area contributed by atoms with E-state index in [0.29, 0.717) is 0 Å². The number of unbranched alkanes of at least 4 members (excludes halogenated alkanes) is 2. The molecule has 0 saturated heterocycles. The van der Waals surface area contributed by atoms with Crippen LogP contribution in [0.15, 0.2) is 43.0 Å². The van der Waals surface area contributed by atoms with E-state index in [9.17, 15) is 5.11 Å². The molecule has 15 heavy (non-hydrogen) atoms. The summed E-state index contributed by atoms with van der Waals surface area (Å²) in [5.41, 5.74) is 1.40. The Morgan fingerprint density at radius 2 is 1.87 bits per heavy atom. The van der Waals surface area contributed by atoms with E-state index in [1.54, 1.807) is 6.08 Å². The molecule has 1 aromatic rings. The van der Waals surface area contributed by atoms with Crippen molar-refractivity contribution in [3.63, 3.8) is 0 Å². The Morgan fingerprint density at radius 3 is 2.53 bits per heavy atom. The number of aliphatic hydroxyl groups excluding tert-OH is 1. The second-order valence-corrected chi connectivity index (χ2v) is 3.89. The van der Waals surface area contributed by atoms with Crippen LogP contribution in [0, 0.1) is 0 Å². The molecule has 0 aliphatic carbocycles. The molecule has 0 fully saturated rings. The molecule has 0 unspecified atom stereocenters. The monoisotopic (exact) mass is 204 g/mol. The molecule has 0 aliphatic rings. The molecule has 1 nitrogen and oxygen atoms in total. The van der Waals surface area contributed by atoms with Gasteiger partial charge in [-0.25, -0.2) is 0 Å². The molecule has 0 saturated carbocycles. The van der Waals surface area contributed by atoms with Crippen molar-refractivity contribution >= 4 is 0 Å². The number of aliphatic hydroxyl groups is 1. The summed E-state index contributed by atoms with van der Waals surface area (Å²) in [7, 11) is 0. The van der Waals surface area contributed by atoms with Crippen LogP contribution in [0.1, 0.15) is 31.2 Å². The van der Waals surface area contributed by atoms with Crippen LogP contribution in [0.5, 0.6) is 0 Å². The van der Waals surface area contributed by atoms with Crippen LogP contribution in [0.2, 0.25) is 0 Å². The SMILES string of the molecule is C=C[C@@H](O)CCCCCc1ccccc1. The number of aryl methyl sites for hydroxylation is 1. The lowest BCUT2D eigenvalue weighted by molar-refractivity contribution is 0.208. The lowest BCUT2D eigenvalue weighted by Gasteiger charge is -2.04. The van der Waals surface area contributed by atoms with Crippen LogP contribution in [0.4, 0.5) is 0 Å². The molecule has 1 rings (SSSR count). The van der Waals surface area contributed by atoms with Gasteiger partial charge in [0.15, 0.2) is 0 Å². The molecule has 0 spiro atoms. The van der Waals surface area contributed by atoms with Gasteiger partial charge in [-0.15, -0.1) is 6.58 Å². The van der Waals surface area contributed by atoms with E-state index >= 15 is 0 Å². The summed E-state index contributed by atoms with van der Waals surface area (Å²) in [5.74, 6) is 0. The first-order chi connectivity index (χ1) is 7.33. The minimum absolute atomic E-state index is 0.318. The van der Waals surface area contributed by atoms with E-state index in [4.69, 9.17) is 0 Å². The van der Waals surface area contributed by atoms with Crippen molar-refractivity contribution in [3.05, 3.63) is 48.6 Å². The van der Waals surface area contributed by atoms with Crippen LogP contribution in [-0.2, 0) is 6.42 Å². The van der Waals surface area contributed by atoms with Crippen LogP contribution < -0.4 is 0 Å². The predicted octanol–water partition coefficient (Wildman–Crippen LogP) is 3.34. The summed E-state index contributed by atoms with van der Waals surface area (Å²) in [6.07, 6.45) is 6.75. The van der Waals surface area contributed by atoms with E-state index < -0.39 is 0 Å². The Morgan fingerprint density at radius 1 is 1.13 bits per heavy atom. The van der Waals surface area contributed by atoms with Gasteiger partial charge < -0.3 is 5.11 Å². The molecular formula is C14H20O. The second kappa shape index (κ2) is 7.24. The Balaban J connectivity index is 2.05. The number of benzene rings is 1. The molecule has 0 aromatic heterocycles. The maximum atomic E-state index is 9.26. The highest BCUT2D eigenvalue weighted by molar-refractivity contribution is 5.14. The van der Waals surface area contributed by atoms with E-state index in [1.165, 1.54) is 18.4 Å². The van der Waals surface area contributed by atoms with Crippen molar-refractivity contribution in [3.8, 4) is 0 Å². The fraction of sp³-hybridized carbons (Fsp3) is 0.429. The molecule has 0 aliphatic heterocycles. The van der Waals surface area contributed by atoms with Gasteiger partial charge in [0.05, 0.1) is 6.10 Å². The predicted molar refractivity (Wildman–Crippen MR) is 64.8 cm³/mol. The van der Waals surface area contributed by atoms with Gasteiger partial charge in [-0.05, 0) is 24.8 Å². The van der Waals surface area contributed by atoms with Crippen molar-refractivity contribution in [1.82, 2.24) is 0 Å². The lowest BCUT2D eigenvalue weighted by Crippen LogP contribution is -2.00. The van der Waals surface area contributed by atoms with Crippen LogP contribution in [0.25, 0.3) is 0 Å². The third-order valence-electron chi connectivity index (χ3n) is 2.58. The van der Waals surface area contributed by atoms with Gasteiger partial charge in [0, 0.05) is 0 Å². The van der Waals surface area contributed by atoms with Crippen LogP contribution in [0.3, 0.4) is 0 Å². The molecule has 1 aromatic carbocycles. The molecule has 82 valence electrons. The molecule has 1 heteroatoms. The van der Waals surface area contributed by atoms with Gasteiger partial charge in [0.1, 0.15) is 0 Å². The topological polar surface area (TPSA) is 20.2 Å². The standard InChI is InChI=1S/C14H20O/c1-2-14(15)12-8-4-7-11-13-9-5-3-6-10-13/h2-3,5-6,9-10,14-15H,1,4,7-8,11-12H2/t14-/m1/s1. The van der Waals surface area contributed by atoms with Gasteiger partial charge >= 0.3 is 0 Å². The quantitative estimate of drug-likeness (QED) is 0.533. The Hall–Kier alpha value is -1.08. The summed E-state index contributed by atoms with van der Waals surface area (Å²) in [5, 5.41) is 9.26. The van der Waals surface area contributed by atoms with E-state index in [1.807, 2.05) is 6.07 Å². The third-order valence-corrected chi connectivity index (χ3v) is 2.58. The van der Waals surface area contributed by atoms with Crippen molar-refractivity contribution in [1.29, 1.82) is 0 Å². The van der Waals surface area contributed by atoms with Crippen LogP contribution >= 0.6 is 0 Å². The van der Waals surface area contributed by atoms with Crippen molar-refractivity contribution < 1.29 is 5.11 Å². The minimum atomic E-state index is -0.318. The van der Waals surface area contributed by atoms with Gasteiger partial charge in [-0.1, -0.05) is 49.2 Å². The van der Waals surface area contributed by atoms with Crippen LogP contribution in [-0.4, -0.2) is 11.2 Å². The molecule has 0 bridgehead atoms. The van der Waals surface area contributed by atoms with E-state index in [2.05, 4.69) is 30.8 Å². The van der Waals surface area contributed by atoms with Gasteiger partial charge in [-0.2, -0.15) is 0 Å². The normalized spacial score (nSPS) is 12.3. The van der Waals surface area contributed by atoms with Gasteiger partial charge in [0.2, 0.25) is 0 Å². The molecule has 1 atom stereocenters. The summed E-state index contributed by atoms with van der Waals surface area (Å²) in [6.45, 7) is 3.56.